The number of rotatable bonds is 3. The molecule has 0 bridgehead atoms. The highest BCUT2D eigenvalue weighted by Crippen LogP contribution is 2.14. The normalized spacial score (nSPS) is 18.9. The van der Waals surface area contributed by atoms with Crippen molar-refractivity contribution >= 4 is 17.5 Å². The van der Waals surface area contributed by atoms with Crippen LogP contribution in [0.1, 0.15) is 10.4 Å². The molecule has 1 aromatic carbocycles. The predicted octanol–water partition coefficient (Wildman–Crippen LogP) is -0.149. The van der Waals surface area contributed by atoms with Crippen molar-refractivity contribution in [2.45, 2.75) is 6.04 Å². The van der Waals surface area contributed by atoms with Crippen LogP contribution in [0.4, 0.5) is 10.1 Å². The number of nitrogens with two attached hydrogens (primary N) is 1. The number of ether oxygens (including phenoxy) is 1. The van der Waals surface area contributed by atoms with Crippen LogP contribution in [0.15, 0.2) is 18.2 Å². The van der Waals surface area contributed by atoms with Gasteiger partial charge in [-0.25, -0.2) is 4.39 Å². The molecule has 0 aliphatic carbocycles. The van der Waals surface area contributed by atoms with Gasteiger partial charge >= 0.3 is 0 Å². The summed E-state index contributed by atoms with van der Waals surface area (Å²) < 4.78 is 18.4. The van der Waals surface area contributed by atoms with Crippen LogP contribution in [-0.4, -0.2) is 37.6 Å². The number of hydrogen-bond donors (Lipinski definition) is 3. The van der Waals surface area contributed by atoms with Crippen LogP contribution in [0.2, 0.25) is 0 Å². The van der Waals surface area contributed by atoms with E-state index < -0.39 is 17.8 Å². The summed E-state index contributed by atoms with van der Waals surface area (Å²) in [6.45, 7) is 1.43. The van der Waals surface area contributed by atoms with Crippen LogP contribution < -0.4 is 16.4 Å². The molecule has 2 rings (SSSR count). The van der Waals surface area contributed by atoms with Gasteiger partial charge in [0.1, 0.15) is 11.9 Å². The Balaban J connectivity index is 2.08. The van der Waals surface area contributed by atoms with Crippen LogP contribution in [0.25, 0.3) is 0 Å². The van der Waals surface area contributed by atoms with Gasteiger partial charge in [-0.2, -0.15) is 0 Å². The molecule has 1 fully saturated rings. The summed E-state index contributed by atoms with van der Waals surface area (Å²) in [6, 6.07) is 3.19. The van der Waals surface area contributed by atoms with Crippen molar-refractivity contribution in [2.24, 2.45) is 5.73 Å². The van der Waals surface area contributed by atoms with Crippen molar-refractivity contribution < 1.29 is 18.7 Å². The Labute approximate surface area is 109 Å². The first kappa shape index (κ1) is 13.4. The first-order chi connectivity index (χ1) is 9.08. The first-order valence-electron chi connectivity index (χ1n) is 5.79. The Morgan fingerprint density at radius 1 is 1.47 bits per heavy atom. The summed E-state index contributed by atoms with van der Waals surface area (Å²) in [5, 5.41) is 5.56. The van der Waals surface area contributed by atoms with Crippen molar-refractivity contribution in [3.63, 3.8) is 0 Å². The maximum Gasteiger partial charge on any atom is 0.251 e. The van der Waals surface area contributed by atoms with Crippen LogP contribution in [-0.2, 0) is 9.53 Å². The molecule has 1 atom stereocenters. The van der Waals surface area contributed by atoms with E-state index in [0.29, 0.717) is 18.8 Å². The molecule has 4 N–H and O–H groups in total. The molecule has 0 spiro atoms. The number of halogens is 1. The van der Waals surface area contributed by atoms with E-state index in [1.54, 1.807) is 0 Å². The lowest BCUT2D eigenvalue weighted by Gasteiger charge is -2.22. The summed E-state index contributed by atoms with van der Waals surface area (Å²) in [5.74, 6) is -1.90. The number of benzene rings is 1. The lowest BCUT2D eigenvalue weighted by Crippen LogP contribution is -2.48. The zero-order valence-corrected chi connectivity index (χ0v) is 10.1. The van der Waals surface area contributed by atoms with Crippen molar-refractivity contribution in [1.82, 2.24) is 5.32 Å². The van der Waals surface area contributed by atoms with Crippen LogP contribution in [0.3, 0.4) is 0 Å². The monoisotopic (exact) mass is 267 g/mol. The average molecular weight is 267 g/mol. The SMILES string of the molecule is NC(=O)c1cc(NC(=O)C2COCCN2)ccc1F. The molecule has 102 valence electrons. The molecule has 0 aromatic heterocycles. The van der Waals surface area contributed by atoms with Crippen LogP contribution in [0.5, 0.6) is 0 Å². The fourth-order valence-corrected chi connectivity index (χ4v) is 1.76. The maximum absolute atomic E-state index is 13.3. The van der Waals surface area contributed by atoms with Gasteiger partial charge in [0, 0.05) is 12.2 Å². The highest BCUT2D eigenvalue weighted by atomic mass is 19.1. The number of primary amides is 1. The average Bonchev–Trinajstić information content (AvgIpc) is 2.41. The second-order valence-corrected chi connectivity index (χ2v) is 4.13. The Hall–Kier alpha value is -1.99. The molecule has 1 saturated heterocycles. The summed E-state index contributed by atoms with van der Waals surface area (Å²) in [7, 11) is 0. The minimum absolute atomic E-state index is 0.259. The summed E-state index contributed by atoms with van der Waals surface area (Å²) in [5.41, 5.74) is 5.09. The topological polar surface area (TPSA) is 93.5 Å². The van der Waals surface area contributed by atoms with Gasteiger partial charge < -0.3 is 21.1 Å². The zero-order chi connectivity index (χ0) is 13.8. The van der Waals surface area contributed by atoms with Gasteiger partial charge in [-0.3, -0.25) is 9.59 Å². The fraction of sp³-hybridized carbons (Fsp3) is 0.333. The number of amides is 2. The van der Waals surface area contributed by atoms with E-state index in [1.165, 1.54) is 12.1 Å². The number of nitrogens with one attached hydrogen (secondary N) is 2. The molecule has 6 nitrogen and oxygen atoms in total. The lowest BCUT2D eigenvalue weighted by atomic mass is 10.1. The van der Waals surface area contributed by atoms with Crippen molar-refractivity contribution in [3.8, 4) is 0 Å². The van der Waals surface area contributed by atoms with Crippen LogP contribution >= 0.6 is 0 Å². The smallest absolute Gasteiger partial charge is 0.251 e. The Morgan fingerprint density at radius 2 is 2.26 bits per heavy atom. The van der Waals surface area contributed by atoms with E-state index >= 15 is 0 Å². The van der Waals surface area contributed by atoms with E-state index in [4.69, 9.17) is 10.5 Å². The number of anilines is 1. The fourth-order valence-electron chi connectivity index (χ4n) is 1.76. The van der Waals surface area contributed by atoms with E-state index in [2.05, 4.69) is 10.6 Å². The molecule has 19 heavy (non-hydrogen) atoms. The third kappa shape index (κ3) is 3.27. The van der Waals surface area contributed by atoms with Gasteiger partial charge in [-0.15, -0.1) is 0 Å². The third-order valence-corrected chi connectivity index (χ3v) is 2.74. The molecule has 1 aliphatic rings. The van der Waals surface area contributed by atoms with Crippen molar-refractivity contribution in [1.29, 1.82) is 0 Å². The molecule has 0 saturated carbocycles. The second kappa shape index (κ2) is 5.77. The second-order valence-electron chi connectivity index (χ2n) is 4.13. The van der Waals surface area contributed by atoms with E-state index in [0.717, 1.165) is 6.07 Å². The molecule has 2 amide bonds. The number of morpholine rings is 1. The molecule has 1 heterocycles. The first-order valence-corrected chi connectivity index (χ1v) is 5.79. The van der Waals surface area contributed by atoms with Crippen molar-refractivity contribution in [2.75, 3.05) is 25.1 Å². The summed E-state index contributed by atoms with van der Waals surface area (Å²) >= 11 is 0. The highest BCUT2D eigenvalue weighted by molar-refractivity contribution is 5.98. The Kier molecular flexibility index (Phi) is 4.08. The van der Waals surface area contributed by atoms with Gasteiger partial charge in [0.05, 0.1) is 18.8 Å². The van der Waals surface area contributed by atoms with Crippen LogP contribution in [0, 0.1) is 5.82 Å². The number of carbonyl (C=O) groups is 2. The predicted molar refractivity (Wildman–Crippen MR) is 66.2 cm³/mol. The molecule has 7 heteroatoms. The van der Waals surface area contributed by atoms with E-state index in [1.807, 2.05) is 0 Å². The summed E-state index contributed by atoms with van der Waals surface area (Å²) in [4.78, 5) is 22.9. The number of hydrogen-bond acceptors (Lipinski definition) is 4. The van der Waals surface area contributed by atoms with Gasteiger partial charge in [-0.05, 0) is 18.2 Å². The largest absolute Gasteiger partial charge is 0.378 e. The minimum atomic E-state index is -0.882. The van der Waals surface area contributed by atoms with Gasteiger partial charge in [0.2, 0.25) is 5.91 Å². The van der Waals surface area contributed by atoms with Gasteiger partial charge in [0.25, 0.3) is 5.91 Å². The quantitative estimate of drug-likeness (QED) is 0.710. The number of carbonyl (C=O) groups excluding carboxylic acids is 2. The Bertz CT molecular complexity index is 501. The minimum Gasteiger partial charge on any atom is -0.378 e. The van der Waals surface area contributed by atoms with Gasteiger partial charge in [-0.1, -0.05) is 0 Å². The Morgan fingerprint density at radius 3 is 2.89 bits per heavy atom. The van der Waals surface area contributed by atoms with E-state index in [-0.39, 0.29) is 18.1 Å². The highest BCUT2D eigenvalue weighted by Gasteiger charge is 2.21. The molecular weight excluding hydrogens is 253 g/mol. The zero-order valence-electron chi connectivity index (χ0n) is 10.1. The summed E-state index contributed by atoms with van der Waals surface area (Å²) in [6.07, 6.45) is 0. The molecule has 0 radical (unpaired) electrons. The molecule has 1 unspecified atom stereocenters. The van der Waals surface area contributed by atoms with Gasteiger partial charge in [0.15, 0.2) is 0 Å². The molecule has 1 aliphatic heterocycles. The third-order valence-electron chi connectivity index (χ3n) is 2.74. The van der Waals surface area contributed by atoms with Crippen molar-refractivity contribution in [3.05, 3.63) is 29.6 Å². The molecular formula is C12H14FN3O3. The maximum atomic E-state index is 13.3. The van der Waals surface area contributed by atoms with E-state index in [9.17, 15) is 14.0 Å². The molecule has 1 aromatic rings. The lowest BCUT2D eigenvalue weighted by molar-refractivity contribution is -0.120. The standard InChI is InChI=1S/C12H14FN3O3/c13-9-2-1-7(5-8(9)11(14)17)16-12(18)10-6-19-4-3-15-10/h1-2,5,10,15H,3-4,6H2,(H2,14,17)(H,16,18).